The number of benzene rings is 9. The summed E-state index contributed by atoms with van der Waals surface area (Å²) in [4.78, 5) is 0. The molecule has 61 heavy (non-hydrogen) atoms. The number of aromatic nitrogens is 4. The molecule has 0 aliphatic heterocycles. The van der Waals surface area contributed by atoms with Crippen LogP contribution in [0.25, 0.3) is 110 Å². The first kappa shape index (κ1) is 36.6. The largest absolute Gasteiger partial charge is 0.309 e. The van der Waals surface area contributed by atoms with E-state index in [2.05, 4.69) is 225 Å². The van der Waals surface area contributed by atoms with Gasteiger partial charge < -0.3 is 18.3 Å². The molecule has 9 aromatic carbocycles. The number of hydrogen-bond acceptors (Lipinski definition) is 0. The number of para-hydroxylation sites is 6. The summed E-state index contributed by atoms with van der Waals surface area (Å²) in [6.07, 6.45) is 0. The molecule has 4 nitrogen and oxygen atoms in total. The van der Waals surface area contributed by atoms with Crippen LogP contribution in [0.3, 0.4) is 0 Å². The second kappa shape index (κ2) is 14.4. The van der Waals surface area contributed by atoms with Gasteiger partial charge in [-0.2, -0.15) is 13.5 Å². The first-order chi connectivity index (χ1) is 29.8. The number of rotatable bonds is 4. The van der Waals surface area contributed by atoms with Crippen LogP contribution in [0.5, 0.6) is 0 Å². The van der Waals surface area contributed by atoms with Gasteiger partial charge in [-0.05, 0) is 78.9 Å². The van der Waals surface area contributed by atoms with Gasteiger partial charge >= 0.3 is 0 Å². The summed E-state index contributed by atoms with van der Waals surface area (Å²) in [5.41, 5.74) is 14.2. The zero-order chi connectivity index (χ0) is 39.9. The number of hydrogen-bond donors (Lipinski definition) is 0. The van der Waals surface area contributed by atoms with E-state index >= 15 is 0 Å². The molecule has 5 heteroatoms. The van der Waals surface area contributed by atoms with Crippen LogP contribution in [0.4, 0.5) is 0 Å². The topological polar surface area (TPSA) is 19.7 Å². The van der Waals surface area contributed by atoms with Gasteiger partial charge in [0.1, 0.15) is 0 Å². The van der Waals surface area contributed by atoms with Crippen LogP contribution in [0, 0.1) is 0 Å². The monoisotopic (exact) mass is 802 g/mol. The van der Waals surface area contributed by atoms with E-state index in [1.807, 2.05) is 13.8 Å². The molecule has 0 fully saturated rings. The van der Waals surface area contributed by atoms with Crippen molar-refractivity contribution in [2.24, 2.45) is 0 Å². The smallest absolute Gasteiger partial charge is 0.0641 e. The average Bonchev–Trinajstić information content (AvgIpc) is 4.05. The molecule has 0 atom stereocenters. The second-order valence-corrected chi connectivity index (χ2v) is 15.3. The Morgan fingerprint density at radius 2 is 0.574 bits per heavy atom. The Balaban J connectivity index is 0.00000138. The van der Waals surface area contributed by atoms with Gasteiger partial charge in [0.2, 0.25) is 0 Å². The fourth-order valence-corrected chi connectivity index (χ4v) is 10.0. The fraction of sp³-hybridized carbons (Fsp3) is 0.0357. The van der Waals surface area contributed by atoms with Crippen LogP contribution in [-0.4, -0.2) is 18.3 Å². The summed E-state index contributed by atoms with van der Waals surface area (Å²) < 4.78 is 9.83. The lowest BCUT2D eigenvalue weighted by molar-refractivity contribution is 1.14. The fourth-order valence-electron chi connectivity index (χ4n) is 10.0. The summed E-state index contributed by atoms with van der Waals surface area (Å²) in [6, 6.07) is 75.4. The van der Waals surface area contributed by atoms with E-state index in [0.29, 0.717) is 0 Å². The van der Waals surface area contributed by atoms with E-state index in [1.54, 1.807) is 0 Å². The maximum absolute atomic E-state index is 2.50. The predicted molar refractivity (Wildman–Crippen MR) is 266 cm³/mol. The molecule has 4 aromatic heterocycles. The summed E-state index contributed by atoms with van der Waals surface area (Å²) in [6.45, 7) is 4.00. The van der Waals surface area contributed by atoms with E-state index in [4.69, 9.17) is 0 Å². The maximum atomic E-state index is 2.50. The number of fused-ring (bicyclic) bond motifs is 14. The van der Waals surface area contributed by atoms with Crippen molar-refractivity contribution in [3.05, 3.63) is 206 Å². The minimum atomic E-state index is 0. The Morgan fingerprint density at radius 3 is 0.984 bits per heavy atom. The highest BCUT2D eigenvalue weighted by atomic mass is 32.1. The normalized spacial score (nSPS) is 11.6. The second-order valence-electron chi connectivity index (χ2n) is 15.3. The Kier molecular flexibility index (Phi) is 8.62. The first-order valence-electron chi connectivity index (χ1n) is 21.0. The third kappa shape index (κ3) is 5.20. The third-order valence-corrected chi connectivity index (χ3v) is 12.3. The van der Waals surface area contributed by atoms with Crippen molar-refractivity contribution < 1.29 is 0 Å². The Hall–Kier alpha value is -7.47. The quantitative estimate of drug-likeness (QED) is 0.169. The van der Waals surface area contributed by atoms with Gasteiger partial charge in [0, 0.05) is 65.8 Å². The van der Waals surface area contributed by atoms with Gasteiger partial charge in [-0.3, -0.25) is 0 Å². The van der Waals surface area contributed by atoms with E-state index in [0.717, 1.165) is 22.7 Å². The van der Waals surface area contributed by atoms with Crippen LogP contribution in [0.2, 0.25) is 0 Å². The summed E-state index contributed by atoms with van der Waals surface area (Å²) >= 11 is 0. The lowest BCUT2D eigenvalue weighted by Crippen LogP contribution is -1.99. The highest BCUT2D eigenvalue weighted by Crippen LogP contribution is 2.44. The van der Waals surface area contributed by atoms with Crippen LogP contribution >= 0.6 is 13.5 Å². The van der Waals surface area contributed by atoms with E-state index in [1.165, 1.54) is 87.2 Å². The van der Waals surface area contributed by atoms with E-state index < -0.39 is 0 Å². The average molecular weight is 803 g/mol. The Morgan fingerprint density at radius 1 is 0.246 bits per heavy atom. The molecule has 0 aliphatic carbocycles. The highest BCUT2D eigenvalue weighted by molar-refractivity contribution is 7.59. The lowest BCUT2D eigenvalue weighted by Gasteiger charge is -2.14. The van der Waals surface area contributed by atoms with Crippen LogP contribution in [0.15, 0.2) is 206 Å². The van der Waals surface area contributed by atoms with Gasteiger partial charge in [-0.25, -0.2) is 0 Å². The van der Waals surface area contributed by atoms with Crippen molar-refractivity contribution in [2.75, 3.05) is 0 Å². The summed E-state index contributed by atoms with van der Waals surface area (Å²) in [5, 5.41) is 9.98. The molecule has 0 unspecified atom stereocenters. The minimum Gasteiger partial charge on any atom is -0.309 e. The first-order valence-corrected chi connectivity index (χ1v) is 21.0. The molecule has 0 radical (unpaired) electrons. The molecule has 0 saturated carbocycles. The van der Waals surface area contributed by atoms with Crippen molar-refractivity contribution in [3.8, 4) is 22.7 Å². The van der Waals surface area contributed by atoms with Gasteiger partial charge in [0.05, 0.1) is 44.1 Å². The molecular formula is C56H42N4S. The van der Waals surface area contributed by atoms with E-state index in [9.17, 15) is 0 Å². The van der Waals surface area contributed by atoms with Crippen molar-refractivity contribution in [3.63, 3.8) is 0 Å². The zero-order valence-electron chi connectivity index (χ0n) is 33.9. The van der Waals surface area contributed by atoms with Gasteiger partial charge in [0.25, 0.3) is 0 Å². The minimum absolute atomic E-state index is 0. The molecule has 13 aromatic rings. The molecule has 292 valence electrons. The standard InChI is InChI=1S/C54H34N4.C2H6.H2S/c1-3-16-35(17-4-1)55-47-28-13-9-24-43(47)51-49(55)32-30-41-39-22-7-11-26-45(39)57(53(41)51)37-20-15-21-38(34-37)58-46-27-12-8-23-40(46)42-31-33-50-52(54(42)58)44-25-10-14-29-48(44)56(50)36-18-5-2-6-19-36;1-2;/h1-34H;1-2H3;1H2. The molecule has 0 amide bonds. The molecule has 0 aliphatic rings. The van der Waals surface area contributed by atoms with Gasteiger partial charge in [-0.15, -0.1) is 0 Å². The van der Waals surface area contributed by atoms with Crippen molar-refractivity contribution in [1.29, 1.82) is 0 Å². The molecule has 0 saturated heterocycles. The molecular weight excluding hydrogens is 761 g/mol. The molecule has 0 bridgehead atoms. The predicted octanol–water partition coefficient (Wildman–Crippen LogP) is 15.2. The molecule has 13 rings (SSSR count). The zero-order valence-corrected chi connectivity index (χ0v) is 34.9. The van der Waals surface area contributed by atoms with Crippen LogP contribution in [0.1, 0.15) is 13.8 Å². The Labute approximate surface area is 360 Å². The van der Waals surface area contributed by atoms with Gasteiger partial charge in [0.15, 0.2) is 0 Å². The lowest BCUT2D eigenvalue weighted by atomic mass is 10.1. The maximum Gasteiger partial charge on any atom is 0.0641 e. The van der Waals surface area contributed by atoms with Crippen molar-refractivity contribution in [2.45, 2.75) is 13.8 Å². The summed E-state index contributed by atoms with van der Waals surface area (Å²) in [5.74, 6) is 0. The Bertz CT molecular complexity index is 3540. The SMILES string of the molecule is CC.S.c1ccc(-n2c3ccccc3c3c2ccc2c4ccccc4n(-c4cccc(-n5c6ccccc6c6ccc7c(c8ccccc8n7-c7ccccc7)c65)c4)c23)cc1. The number of nitrogens with zero attached hydrogens (tertiary/aromatic N) is 4. The van der Waals surface area contributed by atoms with Crippen molar-refractivity contribution >= 4 is 101 Å². The van der Waals surface area contributed by atoms with Crippen LogP contribution < -0.4 is 0 Å². The highest BCUT2D eigenvalue weighted by Gasteiger charge is 2.23. The third-order valence-electron chi connectivity index (χ3n) is 12.3. The summed E-state index contributed by atoms with van der Waals surface area (Å²) in [7, 11) is 0. The van der Waals surface area contributed by atoms with Crippen LogP contribution in [-0.2, 0) is 0 Å². The van der Waals surface area contributed by atoms with E-state index in [-0.39, 0.29) is 13.5 Å². The van der Waals surface area contributed by atoms with Crippen molar-refractivity contribution in [1.82, 2.24) is 18.3 Å². The molecule has 0 N–H and O–H groups in total. The van der Waals surface area contributed by atoms with Gasteiger partial charge in [-0.1, -0.05) is 141 Å². The molecule has 0 spiro atoms. The molecule has 4 heterocycles.